The molecule has 0 radical (unpaired) electrons. The first-order valence-corrected chi connectivity index (χ1v) is 12.0. The zero-order chi connectivity index (χ0) is 26.8. The summed E-state index contributed by atoms with van der Waals surface area (Å²) in [5, 5.41) is 10.6. The topological polar surface area (TPSA) is 84.2 Å². The molecule has 6 rings (SSSR count). The van der Waals surface area contributed by atoms with Gasteiger partial charge < -0.3 is 10.6 Å². The summed E-state index contributed by atoms with van der Waals surface area (Å²) < 4.78 is 29.6. The number of hydrogen-bond donors (Lipinski definition) is 2. The quantitative estimate of drug-likeness (QED) is 0.255. The fourth-order valence-corrected chi connectivity index (χ4v) is 4.29. The molecule has 1 amide bonds. The molecule has 0 unspecified atom stereocenters. The van der Waals surface area contributed by atoms with Gasteiger partial charge in [-0.1, -0.05) is 36.4 Å². The van der Waals surface area contributed by atoms with Crippen molar-refractivity contribution in [1.29, 1.82) is 0 Å². The Kier molecular flexibility index (Phi) is 6.22. The van der Waals surface area contributed by atoms with Gasteiger partial charge in [-0.15, -0.1) is 0 Å². The minimum atomic E-state index is -0.597. The van der Waals surface area contributed by atoms with E-state index in [1.165, 1.54) is 30.3 Å². The Morgan fingerprint density at radius 3 is 2.51 bits per heavy atom. The van der Waals surface area contributed by atoms with Gasteiger partial charge >= 0.3 is 0 Å². The van der Waals surface area contributed by atoms with E-state index in [9.17, 15) is 13.6 Å². The van der Waals surface area contributed by atoms with Crippen molar-refractivity contribution in [3.8, 4) is 22.5 Å². The second kappa shape index (κ2) is 10.1. The molecule has 0 aliphatic carbocycles. The minimum absolute atomic E-state index is 0.0457. The number of amides is 1. The third kappa shape index (κ3) is 4.93. The van der Waals surface area contributed by atoms with Gasteiger partial charge in [0.25, 0.3) is 5.91 Å². The van der Waals surface area contributed by atoms with Crippen LogP contribution in [0.1, 0.15) is 10.4 Å². The molecule has 0 bridgehead atoms. The van der Waals surface area contributed by atoms with Crippen molar-refractivity contribution in [3.05, 3.63) is 127 Å². The van der Waals surface area contributed by atoms with Crippen molar-refractivity contribution in [1.82, 2.24) is 19.6 Å². The van der Waals surface area contributed by atoms with Crippen LogP contribution in [0.2, 0.25) is 0 Å². The number of hydrogen-bond acceptors (Lipinski definition) is 5. The number of rotatable bonds is 6. The van der Waals surface area contributed by atoms with Crippen molar-refractivity contribution in [2.45, 2.75) is 0 Å². The molecular weight excluding hydrogens is 498 g/mol. The summed E-state index contributed by atoms with van der Waals surface area (Å²) in [5.74, 6) is -1.22. The number of anilines is 3. The van der Waals surface area contributed by atoms with Crippen molar-refractivity contribution in [2.75, 3.05) is 10.6 Å². The number of nitrogens with zero attached hydrogens (tertiary/aromatic N) is 4. The predicted molar refractivity (Wildman–Crippen MR) is 146 cm³/mol. The van der Waals surface area contributed by atoms with E-state index < -0.39 is 11.7 Å². The number of carbonyl (C=O) groups is 1. The number of carbonyl (C=O) groups excluding carboxylic acids is 1. The molecule has 3 heterocycles. The summed E-state index contributed by atoms with van der Waals surface area (Å²) in [6.07, 6.45) is 3.45. The smallest absolute Gasteiger partial charge is 0.258 e. The second-order valence-corrected chi connectivity index (χ2v) is 8.67. The lowest BCUT2D eigenvalue weighted by atomic mass is 10.0. The van der Waals surface area contributed by atoms with Crippen LogP contribution in [0.4, 0.5) is 26.1 Å². The molecule has 0 spiro atoms. The molecule has 0 saturated carbocycles. The molecule has 3 aromatic heterocycles. The highest BCUT2D eigenvalue weighted by atomic mass is 19.1. The molecule has 0 aliphatic rings. The van der Waals surface area contributed by atoms with E-state index in [0.29, 0.717) is 28.7 Å². The number of halogens is 2. The highest BCUT2D eigenvalue weighted by molar-refractivity contribution is 6.05. The molecule has 9 heteroatoms. The molecule has 0 fully saturated rings. The minimum Gasteiger partial charge on any atom is -0.324 e. The second-order valence-electron chi connectivity index (χ2n) is 8.67. The molecular formula is C30H20F2N6O. The van der Waals surface area contributed by atoms with Crippen LogP contribution in [-0.4, -0.2) is 25.5 Å². The van der Waals surface area contributed by atoms with E-state index >= 15 is 0 Å². The molecule has 0 saturated heterocycles. The summed E-state index contributed by atoms with van der Waals surface area (Å²) in [5.41, 5.74) is 4.46. The van der Waals surface area contributed by atoms with Crippen molar-refractivity contribution >= 4 is 28.7 Å². The summed E-state index contributed by atoms with van der Waals surface area (Å²) >= 11 is 0. The van der Waals surface area contributed by atoms with Crippen LogP contribution in [0.5, 0.6) is 0 Å². The van der Waals surface area contributed by atoms with Gasteiger partial charge in [0.2, 0.25) is 5.95 Å². The summed E-state index contributed by atoms with van der Waals surface area (Å²) in [6.45, 7) is 0. The first-order valence-electron chi connectivity index (χ1n) is 12.0. The molecule has 2 N–H and O–H groups in total. The lowest BCUT2D eigenvalue weighted by Crippen LogP contribution is -2.13. The van der Waals surface area contributed by atoms with Crippen molar-refractivity contribution in [2.24, 2.45) is 0 Å². The van der Waals surface area contributed by atoms with Gasteiger partial charge in [-0.2, -0.15) is 5.10 Å². The zero-order valence-electron chi connectivity index (χ0n) is 20.3. The van der Waals surface area contributed by atoms with Crippen LogP contribution >= 0.6 is 0 Å². The van der Waals surface area contributed by atoms with E-state index in [4.69, 9.17) is 5.10 Å². The van der Waals surface area contributed by atoms with E-state index in [0.717, 1.165) is 16.6 Å². The lowest BCUT2D eigenvalue weighted by molar-refractivity contribution is 0.102. The average molecular weight is 519 g/mol. The van der Waals surface area contributed by atoms with Crippen LogP contribution in [0.15, 0.2) is 109 Å². The monoisotopic (exact) mass is 518 g/mol. The maximum atomic E-state index is 14.1. The normalized spacial score (nSPS) is 10.9. The molecule has 6 aromatic rings. The molecule has 0 aliphatic heterocycles. The van der Waals surface area contributed by atoms with Crippen molar-refractivity contribution in [3.63, 3.8) is 0 Å². The van der Waals surface area contributed by atoms with Crippen LogP contribution in [0.3, 0.4) is 0 Å². The summed E-state index contributed by atoms with van der Waals surface area (Å²) in [6, 6.07) is 26.5. The number of nitrogens with one attached hydrogen (secondary N) is 2. The third-order valence-corrected chi connectivity index (χ3v) is 6.04. The van der Waals surface area contributed by atoms with Crippen LogP contribution in [0.25, 0.3) is 28.0 Å². The standard InChI is InChI=1S/C30H20F2N6O/c31-20-8-6-10-22(18-20)35-30-33-15-14-25(36-30)27-26-13-3-4-16-38(26)37-28(27)19-7-5-9-21(17-19)34-29(39)23-11-1-2-12-24(23)32/h1-18H,(H,34,39)(H,33,35,36). The van der Waals surface area contributed by atoms with Gasteiger partial charge in [0, 0.05) is 29.3 Å². The maximum absolute atomic E-state index is 14.1. The Hall–Kier alpha value is -5.44. The fraction of sp³-hybridized carbons (Fsp3) is 0. The molecule has 0 atom stereocenters. The Balaban J connectivity index is 1.39. The number of benzene rings is 3. The average Bonchev–Trinajstić information content (AvgIpc) is 3.33. The lowest BCUT2D eigenvalue weighted by Gasteiger charge is -2.09. The van der Waals surface area contributed by atoms with Gasteiger partial charge in [-0.05, 0) is 60.7 Å². The maximum Gasteiger partial charge on any atom is 0.258 e. The predicted octanol–water partition coefficient (Wildman–Crippen LogP) is 6.73. The van der Waals surface area contributed by atoms with Crippen LogP contribution in [0, 0.1) is 11.6 Å². The van der Waals surface area contributed by atoms with E-state index in [1.807, 2.05) is 30.5 Å². The third-order valence-electron chi connectivity index (χ3n) is 6.04. The number of aromatic nitrogens is 4. The highest BCUT2D eigenvalue weighted by Gasteiger charge is 2.19. The van der Waals surface area contributed by atoms with Gasteiger partial charge in [-0.3, -0.25) is 4.79 Å². The van der Waals surface area contributed by atoms with Gasteiger partial charge in [0.15, 0.2) is 0 Å². The van der Waals surface area contributed by atoms with Crippen LogP contribution in [-0.2, 0) is 0 Å². The Morgan fingerprint density at radius 2 is 1.64 bits per heavy atom. The zero-order valence-corrected chi connectivity index (χ0v) is 20.3. The van der Waals surface area contributed by atoms with Gasteiger partial charge in [0.05, 0.1) is 22.3 Å². The number of pyridine rings is 1. The number of fused-ring (bicyclic) bond motifs is 1. The first kappa shape index (κ1) is 23.9. The van der Waals surface area contributed by atoms with Gasteiger partial charge in [0.1, 0.15) is 17.3 Å². The Bertz CT molecular complexity index is 1830. The van der Waals surface area contributed by atoms with Crippen LogP contribution < -0.4 is 10.6 Å². The first-order chi connectivity index (χ1) is 19.0. The van der Waals surface area contributed by atoms with Gasteiger partial charge in [-0.25, -0.2) is 23.3 Å². The summed E-state index contributed by atoms with van der Waals surface area (Å²) in [4.78, 5) is 21.7. The largest absolute Gasteiger partial charge is 0.324 e. The molecule has 190 valence electrons. The van der Waals surface area contributed by atoms with E-state index in [-0.39, 0.29) is 11.4 Å². The summed E-state index contributed by atoms with van der Waals surface area (Å²) in [7, 11) is 0. The molecule has 39 heavy (non-hydrogen) atoms. The molecule has 7 nitrogen and oxygen atoms in total. The molecule has 3 aromatic carbocycles. The van der Waals surface area contributed by atoms with E-state index in [1.54, 1.807) is 53.2 Å². The SMILES string of the molecule is O=C(Nc1cccc(-c2nn3ccccc3c2-c2ccnc(Nc3cccc(F)c3)n2)c1)c1ccccc1F. The Morgan fingerprint density at radius 1 is 0.821 bits per heavy atom. The van der Waals surface area contributed by atoms with Crippen molar-refractivity contribution < 1.29 is 13.6 Å². The van der Waals surface area contributed by atoms with E-state index in [2.05, 4.69) is 20.6 Å². The fourth-order valence-electron chi connectivity index (χ4n) is 4.29. The highest BCUT2D eigenvalue weighted by Crippen LogP contribution is 2.35. The Labute approximate surface area is 221 Å².